The molecule has 1 unspecified atom stereocenters. The fourth-order valence-electron chi connectivity index (χ4n) is 1.40. The molecule has 14 heavy (non-hydrogen) atoms. The van der Waals surface area contributed by atoms with E-state index in [2.05, 4.69) is 27.1 Å². The summed E-state index contributed by atoms with van der Waals surface area (Å²) in [5, 5.41) is 11.8. The van der Waals surface area contributed by atoms with Crippen molar-refractivity contribution in [1.82, 2.24) is 15.0 Å². The summed E-state index contributed by atoms with van der Waals surface area (Å²) in [6, 6.07) is 2.07. The zero-order valence-electron chi connectivity index (χ0n) is 7.92. The molecule has 2 rings (SSSR count). The number of hydrogen-bond donors (Lipinski definition) is 1. The molecule has 2 aromatic heterocycles. The molecule has 0 aromatic carbocycles. The van der Waals surface area contributed by atoms with Crippen molar-refractivity contribution in [3.05, 3.63) is 34.3 Å². The Labute approximate surface area is 86.4 Å². The van der Waals surface area contributed by atoms with Gasteiger partial charge in [-0.05, 0) is 28.8 Å². The topological polar surface area (TPSA) is 56.7 Å². The van der Waals surface area contributed by atoms with E-state index in [4.69, 9.17) is 5.73 Å². The second-order valence-electron chi connectivity index (χ2n) is 3.22. The van der Waals surface area contributed by atoms with Gasteiger partial charge < -0.3 is 5.73 Å². The van der Waals surface area contributed by atoms with Gasteiger partial charge in [0.1, 0.15) is 0 Å². The molecule has 1 atom stereocenters. The third-order valence-electron chi connectivity index (χ3n) is 2.17. The summed E-state index contributed by atoms with van der Waals surface area (Å²) in [7, 11) is 1.86. The van der Waals surface area contributed by atoms with Gasteiger partial charge in [-0.2, -0.15) is 11.3 Å². The lowest BCUT2D eigenvalue weighted by Crippen LogP contribution is -2.16. The van der Waals surface area contributed by atoms with E-state index >= 15 is 0 Å². The maximum atomic E-state index is 6.04. The van der Waals surface area contributed by atoms with Crippen LogP contribution in [-0.4, -0.2) is 15.0 Å². The van der Waals surface area contributed by atoms with Crippen molar-refractivity contribution in [1.29, 1.82) is 0 Å². The Balaban J connectivity index is 2.10. The fourth-order valence-corrected chi connectivity index (χ4v) is 2.08. The minimum absolute atomic E-state index is 0.0235. The van der Waals surface area contributed by atoms with Crippen LogP contribution in [0.5, 0.6) is 0 Å². The standard InChI is InChI=1S/C9H12N4S/c1-13-9(5-11-12-13)8(10)4-7-2-3-14-6-7/h2-3,5-6,8H,4,10H2,1H3. The van der Waals surface area contributed by atoms with Crippen LogP contribution in [-0.2, 0) is 13.5 Å². The van der Waals surface area contributed by atoms with Crippen molar-refractivity contribution < 1.29 is 0 Å². The van der Waals surface area contributed by atoms with Gasteiger partial charge >= 0.3 is 0 Å². The Kier molecular flexibility index (Phi) is 2.60. The number of thiophene rings is 1. The molecule has 0 saturated heterocycles. The normalized spacial score (nSPS) is 13.0. The minimum Gasteiger partial charge on any atom is -0.322 e. The maximum absolute atomic E-state index is 6.04. The molecule has 2 aromatic rings. The molecule has 74 valence electrons. The van der Waals surface area contributed by atoms with E-state index in [0.717, 1.165) is 12.1 Å². The summed E-state index contributed by atoms with van der Waals surface area (Å²) < 4.78 is 1.72. The minimum atomic E-state index is -0.0235. The third kappa shape index (κ3) is 1.83. The molecule has 4 nitrogen and oxygen atoms in total. The summed E-state index contributed by atoms with van der Waals surface area (Å²) in [4.78, 5) is 0. The molecule has 2 N–H and O–H groups in total. The highest BCUT2D eigenvalue weighted by Gasteiger charge is 2.11. The first-order valence-corrected chi connectivity index (χ1v) is 5.33. The fraction of sp³-hybridized carbons (Fsp3) is 0.333. The number of nitrogens with zero attached hydrogens (tertiary/aromatic N) is 3. The zero-order valence-corrected chi connectivity index (χ0v) is 8.74. The molecule has 0 spiro atoms. The van der Waals surface area contributed by atoms with Crippen LogP contribution in [0.4, 0.5) is 0 Å². The van der Waals surface area contributed by atoms with E-state index < -0.39 is 0 Å². The van der Waals surface area contributed by atoms with Crippen LogP contribution in [0.15, 0.2) is 23.0 Å². The van der Waals surface area contributed by atoms with Gasteiger partial charge in [0.2, 0.25) is 0 Å². The Bertz CT molecular complexity index is 393. The van der Waals surface area contributed by atoms with Crippen molar-refractivity contribution >= 4 is 11.3 Å². The summed E-state index contributed by atoms with van der Waals surface area (Å²) in [6.45, 7) is 0. The van der Waals surface area contributed by atoms with Crippen LogP contribution in [0.2, 0.25) is 0 Å². The number of rotatable bonds is 3. The van der Waals surface area contributed by atoms with Crippen LogP contribution in [0.25, 0.3) is 0 Å². The quantitative estimate of drug-likeness (QED) is 0.822. The lowest BCUT2D eigenvalue weighted by Gasteiger charge is -2.09. The molecule has 2 heterocycles. The van der Waals surface area contributed by atoms with Crippen LogP contribution in [0.3, 0.4) is 0 Å². The second-order valence-corrected chi connectivity index (χ2v) is 4.00. The Morgan fingerprint density at radius 1 is 1.64 bits per heavy atom. The van der Waals surface area contributed by atoms with E-state index in [0.29, 0.717) is 0 Å². The van der Waals surface area contributed by atoms with E-state index in [1.807, 2.05) is 7.05 Å². The van der Waals surface area contributed by atoms with Crippen LogP contribution in [0.1, 0.15) is 17.3 Å². The molecule has 0 bridgehead atoms. The number of aryl methyl sites for hydroxylation is 1. The first-order chi connectivity index (χ1) is 6.77. The van der Waals surface area contributed by atoms with E-state index in [1.54, 1.807) is 22.2 Å². The van der Waals surface area contributed by atoms with Crippen molar-refractivity contribution in [3.63, 3.8) is 0 Å². The van der Waals surface area contributed by atoms with Gasteiger partial charge in [-0.25, -0.2) is 0 Å². The first kappa shape index (κ1) is 9.36. The summed E-state index contributed by atoms with van der Waals surface area (Å²) >= 11 is 1.69. The van der Waals surface area contributed by atoms with Crippen LogP contribution < -0.4 is 5.73 Å². The lowest BCUT2D eigenvalue weighted by molar-refractivity contribution is 0.607. The van der Waals surface area contributed by atoms with Gasteiger partial charge in [0.25, 0.3) is 0 Å². The predicted molar refractivity (Wildman–Crippen MR) is 56.0 cm³/mol. The predicted octanol–water partition coefficient (Wildman–Crippen LogP) is 1.12. The number of aromatic nitrogens is 3. The average molecular weight is 208 g/mol. The Morgan fingerprint density at radius 3 is 3.07 bits per heavy atom. The first-order valence-electron chi connectivity index (χ1n) is 4.38. The number of nitrogens with two attached hydrogens (primary N) is 1. The van der Waals surface area contributed by atoms with Crippen molar-refractivity contribution in [2.24, 2.45) is 12.8 Å². The summed E-state index contributed by atoms with van der Waals surface area (Å²) in [6.07, 6.45) is 2.56. The van der Waals surface area contributed by atoms with Gasteiger partial charge in [-0.1, -0.05) is 5.21 Å². The maximum Gasteiger partial charge on any atom is 0.0754 e. The van der Waals surface area contributed by atoms with Crippen LogP contribution in [0, 0.1) is 0 Å². The van der Waals surface area contributed by atoms with Gasteiger partial charge in [0.15, 0.2) is 0 Å². The molecular weight excluding hydrogens is 196 g/mol. The summed E-state index contributed by atoms with van der Waals surface area (Å²) in [5.74, 6) is 0. The van der Waals surface area contributed by atoms with Crippen molar-refractivity contribution in [2.75, 3.05) is 0 Å². The monoisotopic (exact) mass is 208 g/mol. The second kappa shape index (κ2) is 3.89. The summed E-state index contributed by atoms with van der Waals surface area (Å²) in [5.41, 5.74) is 8.27. The Hall–Kier alpha value is -1.20. The molecule has 0 amide bonds. The highest BCUT2D eigenvalue weighted by molar-refractivity contribution is 7.07. The average Bonchev–Trinajstić information content (AvgIpc) is 2.75. The molecule has 5 heteroatoms. The molecular formula is C9H12N4S. The number of hydrogen-bond acceptors (Lipinski definition) is 4. The molecule has 0 aliphatic rings. The van der Waals surface area contributed by atoms with Crippen LogP contribution >= 0.6 is 11.3 Å². The van der Waals surface area contributed by atoms with E-state index in [9.17, 15) is 0 Å². The molecule has 0 saturated carbocycles. The lowest BCUT2D eigenvalue weighted by atomic mass is 10.1. The van der Waals surface area contributed by atoms with Gasteiger partial charge in [0.05, 0.1) is 17.9 Å². The highest BCUT2D eigenvalue weighted by Crippen LogP contribution is 2.16. The molecule has 0 aliphatic heterocycles. The molecule has 0 fully saturated rings. The smallest absolute Gasteiger partial charge is 0.0754 e. The van der Waals surface area contributed by atoms with E-state index in [1.165, 1.54) is 5.56 Å². The molecule has 0 aliphatic carbocycles. The highest BCUT2D eigenvalue weighted by atomic mass is 32.1. The van der Waals surface area contributed by atoms with E-state index in [-0.39, 0.29) is 6.04 Å². The van der Waals surface area contributed by atoms with Gasteiger partial charge in [-0.3, -0.25) is 4.68 Å². The zero-order chi connectivity index (χ0) is 9.97. The van der Waals surface area contributed by atoms with Crippen molar-refractivity contribution in [2.45, 2.75) is 12.5 Å². The SMILES string of the molecule is Cn1nncc1C(N)Cc1ccsc1. The largest absolute Gasteiger partial charge is 0.322 e. The molecule has 0 radical (unpaired) electrons. The Morgan fingerprint density at radius 2 is 2.50 bits per heavy atom. The van der Waals surface area contributed by atoms with Crippen molar-refractivity contribution in [3.8, 4) is 0 Å². The van der Waals surface area contributed by atoms with Gasteiger partial charge in [-0.15, -0.1) is 5.10 Å². The third-order valence-corrected chi connectivity index (χ3v) is 2.90. The van der Waals surface area contributed by atoms with Gasteiger partial charge in [0, 0.05) is 7.05 Å².